The highest BCUT2D eigenvalue weighted by atomic mass is 32.2. The van der Waals surface area contributed by atoms with Crippen LogP contribution in [0.2, 0.25) is 0 Å². The van der Waals surface area contributed by atoms with E-state index in [-0.39, 0.29) is 16.2 Å². The molecule has 0 spiro atoms. The summed E-state index contributed by atoms with van der Waals surface area (Å²) in [5.41, 5.74) is -0.233. The van der Waals surface area contributed by atoms with Crippen molar-refractivity contribution < 1.29 is 27.9 Å². The molecule has 0 amide bonds. The summed E-state index contributed by atoms with van der Waals surface area (Å²) in [5.74, 6) is -1.19. The fourth-order valence-electron chi connectivity index (χ4n) is 1.26. The molecule has 0 saturated carbocycles. The van der Waals surface area contributed by atoms with Crippen LogP contribution in [0, 0.1) is 0 Å². The van der Waals surface area contributed by atoms with Crippen LogP contribution < -0.4 is 4.74 Å². The molecule has 0 fully saturated rings. The van der Waals surface area contributed by atoms with E-state index in [2.05, 4.69) is 4.84 Å². The Kier molecular flexibility index (Phi) is 4.28. The van der Waals surface area contributed by atoms with E-state index in [9.17, 15) is 13.2 Å². The van der Waals surface area contributed by atoms with E-state index in [0.717, 1.165) is 6.07 Å². The van der Waals surface area contributed by atoms with Crippen LogP contribution in [-0.4, -0.2) is 45.2 Å². The first-order valence-corrected chi connectivity index (χ1v) is 6.23. The number of carboxylic acid groups (broad SMARTS) is 1. The van der Waals surface area contributed by atoms with Gasteiger partial charge in [-0.15, -0.1) is 0 Å². The molecule has 8 heteroatoms. The normalized spacial score (nSPS) is 11.6. The van der Waals surface area contributed by atoms with Gasteiger partial charge in [0.1, 0.15) is 11.3 Å². The molecule has 1 aromatic rings. The number of rotatable bonds is 5. The second kappa shape index (κ2) is 5.34. The number of aromatic carboxylic acids is 1. The topological polar surface area (TPSA) is 93.1 Å². The first-order chi connectivity index (χ1) is 8.34. The molecule has 7 nitrogen and oxygen atoms in total. The lowest BCUT2D eigenvalue weighted by atomic mass is 10.2. The Bertz CT molecular complexity index is 553. The Morgan fingerprint density at radius 3 is 2.39 bits per heavy atom. The number of carbonyl (C=O) groups is 1. The Morgan fingerprint density at radius 2 is 1.94 bits per heavy atom. The summed E-state index contributed by atoms with van der Waals surface area (Å²) in [6, 6.07) is 3.54. The van der Waals surface area contributed by atoms with Gasteiger partial charge < -0.3 is 9.84 Å². The van der Waals surface area contributed by atoms with Gasteiger partial charge >= 0.3 is 5.97 Å². The SMILES string of the molecule is COc1ccc(S(=O)(=O)N(C)OC)cc1C(=O)O. The highest BCUT2D eigenvalue weighted by molar-refractivity contribution is 7.89. The van der Waals surface area contributed by atoms with Crippen LogP contribution in [0.25, 0.3) is 0 Å². The van der Waals surface area contributed by atoms with Crippen LogP contribution >= 0.6 is 0 Å². The summed E-state index contributed by atoms with van der Waals surface area (Å²) in [4.78, 5) is 15.4. The smallest absolute Gasteiger partial charge is 0.339 e. The van der Waals surface area contributed by atoms with E-state index in [1.807, 2.05) is 0 Å². The molecule has 18 heavy (non-hydrogen) atoms. The van der Waals surface area contributed by atoms with Crippen molar-refractivity contribution in [3.05, 3.63) is 23.8 Å². The number of ether oxygens (including phenoxy) is 1. The third kappa shape index (κ3) is 2.61. The van der Waals surface area contributed by atoms with Gasteiger partial charge in [0, 0.05) is 7.05 Å². The van der Waals surface area contributed by atoms with Crippen LogP contribution in [0.1, 0.15) is 10.4 Å². The monoisotopic (exact) mass is 275 g/mol. The Morgan fingerprint density at radius 1 is 1.33 bits per heavy atom. The van der Waals surface area contributed by atoms with Crippen molar-refractivity contribution in [2.24, 2.45) is 0 Å². The third-order valence-corrected chi connectivity index (χ3v) is 3.97. The Labute approximate surface area is 105 Å². The number of sulfonamides is 1. The fraction of sp³-hybridized carbons (Fsp3) is 0.300. The highest BCUT2D eigenvalue weighted by Gasteiger charge is 2.23. The minimum atomic E-state index is -3.88. The first-order valence-electron chi connectivity index (χ1n) is 4.79. The first kappa shape index (κ1) is 14.4. The molecule has 0 radical (unpaired) electrons. The van der Waals surface area contributed by atoms with E-state index in [0.29, 0.717) is 4.47 Å². The molecule has 0 aliphatic heterocycles. The van der Waals surface area contributed by atoms with Gasteiger partial charge in [-0.2, -0.15) is 0 Å². The van der Waals surface area contributed by atoms with E-state index in [1.54, 1.807) is 0 Å². The quantitative estimate of drug-likeness (QED) is 0.790. The lowest BCUT2D eigenvalue weighted by molar-refractivity contribution is -0.0258. The number of hydrogen-bond donors (Lipinski definition) is 1. The van der Waals surface area contributed by atoms with Crippen molar-refractivity contribution in [1.82, 2.24) is 4.47 Å². The molecule has 1 rings (SSSR count). The highest BCUT2D eigenvalue weighted by Crippen LogP contribution is 2.24. The summed E-state index contributed by atoms with van der Waals surface area (Å²) < 4.78 is 29.3. The molecule has 0 bridgehead atoms. The zero-order valence-corrected chi connectivity index (χ0v) is 10.9. The molecule has 0 heterocycles. The van der Waals surface area contributed by atoms with Gasteiger partial charge in [0.05, 0.1) is 19.1 Å². The second-order valence-corrected chi connectivity index (χ2v) is 5.20. The van der Waals surface area contributed by atoms with Gasteiger partial charge in [0.2, 0.25) is 0 Å². The van der Waals surface area contributed by atoms with E-state index >= 15 is 0 Å². The van der Waals surface area contributed by atoms with Crippen molar-refractivity contribution in [2.75, 3.05) is 21.3 Å². The fourth-order valence-corrected chi connectivity index (χ4v) is 2.26. The number of nitrogens with zero attached hydrogens (tertiary/aromatic N) is 1. The molecule has 0 saturated heterocycles. The Balaban J connectivity index is 3.37. The largest absolute Gasteiger partial charge is 0.496 e. The van der Waals surface area contributed by atoms with Gasteiger partial charge in [-0.05, 0) is 18.2 Å². The van der Waals surface area contributed by atoms with Crippen LogP contribution in [0.15, 0.2) is 23.1 Å². The zero-order chi connectivity index (χ0) is 13.9. The standard InChI is InChI=1S/C10H13NO6S/c1-11(17-3)18(14,15)7-4-5-9(16-2)8(6-7)10(12)13/h4-6H,1-3H3,(H,12,13). The third-order valence-electron chi connectivity index (χ3n) is 2.29. The minimum absolute atomic E-state index is 0.0847. The zero-order valence-electron chi connectivity index (χ0n) is 10.1. The van der Waals surface area contributed by atoms with Gasteiger partial charge in [-0.1, -0.05) is 4.47 Å². The summed E-state index contributed by atoms with van der Waals surface area (Å²) in [6.07, 6.45) is 0. The second-order valence-electron chi connectivity index (χ2n) is 3.26. The molecule has 0 aliphatic carbocycles. The molecule has 100 valence electrons. The van der Waals surface area contributed by atoms with E-state index in [4.69, 9.17) is 9.84 Å². The van der Waals surface area contributed by atoms with E-state index in [1.165, 1.54) is 33.4 Å². The van der Waals surface area contributed by atoms with Crippen LogP contribution in [-0.2, 0) is 14.9 Å². The predicted molar refractivity (Wildman–Crippen MR) is 61.9 cm³/mol. The van der Waals surface area contributed by atoms with Gasteiger partial charge in [0.25, 0.3) is 10.0 Å². The van der Waals surface area contributed by atoms with E-state index < -0.39 is 16.0 Å². The van der Waals surface area contributed by atoms with Crippen molar-refractivity contribution in [2.45, 2.75) is 4.90 Å². The molecule has 0 unspecified atom stereocenters. The molecular formula is C10H13NO6S. The van der Waals surface area contributed by atoms with Gasteiger partial charge in [-0.25, -0.2) is 13.2 Å². The summed E-state index contributed by atoms with van der Waals surface area (Å²) in [5, 5.41) is 8.96. The van der Waals surface area contributed by atoms with Gasteiger partial charge in [0.15, 0.2) is 0 Å². The van der Waals surface area contributed by atoms with Gasteiger partial charge in [-0.3, -0.25) is 4.84 Å². The Hall–Kier alpha value is -1.64. The van der Waals surface area contributed by atoms with Crippen LogP contribution in [0.3, 0.4) is 0 Å². The predicted octanol–water partition coefficient (Wildman–Crippen LogP) is 0.575. The maximum Gasteiger partial charge on any atom is 0.339 e. The summed E-state index contributed by atoms with van der Waals surface area (Å²) in [6.45, 7) is 0. The number of hydrogen-bond acceptors (Lipinski definition) is 5. The lowest BCUT2D eigenvalue weighted by Crippen LogP contribution is -2.26. The van der Waals surface area contributed by atoms with Crippen molar-refractivity contribution in [3.8, 4) is 5.75 Å². The number of benzene rings is 1. The summed E-state index contributed by atoms with van der Waals surface area (Å²) >= 11 is 0. The minimum Gasteiger partial charge on any atom is -0.496 e. The average Bonchev–Trinajstić information content (AvgIpc) is 2.36. The molecule has 0 atom stereocenters. The van der Waals surface area contributed by atoms with Crippen LogP contribution in [0.5, 0.6) is 5.75 Å². The van der Waals surface area contributed by atoms with Crippen LogP contribution in [0.4, 0.5) is 0 Å². The number of carboxylic acids is 1. The van der Waals surface area contributed by atoms with Crippen molar-refractivity contribution >= 4 is 16.0 Å². The summed E-state index contributed by atoms with van der Waals surface area (Å²) in [7, 11) is -0.173. The lowest BCUT2D eigenvalue weighted by Gasteiger charge is -2.15. The maximum atomic E-state index is 11.9. The number of hydroxylamine groups is 1. The maximum absolute atomic E-state index is 11.9. The molecule has 1 N–H and O–H groups in total. The molecule has 0 aromatic heterocycles. The molecule has 0 aliphatic rings. The molecular weight excluding hydrogens is 262 g/mol. The van der Waals surface area contributed by atoms with Crippen molar-refractivity contribution in [1.29, 1.82) is 0 Å². The number of methoxy groups -OCH3 is 1. The van der Waals surface area contributed by atoms with Crippen molar-refractivity contribution in [3.63, 3.8) is 0 Å². The molecule has 1 aromatic carbocycles. The average molecular weight is 275 g/mol.